The summed E-state index contributed by atoms with van der Waals surface area (Å²) in [6.45, 7) is 0.986. The summed E-state index contributed by atoms with van der Waals surface area (Å²) in [7, 11) is 0. The molecule has 1 aliphatic carbocycles. The predicted octanol–water partition coefficient (Wildman–Crippen LogP) is 4.60. The summed E-state index contributed by atoms with van der Waals surface area (Å²) >= 11 is 3.46. The molecule has 0 atom stereocenters. The molecule has 3 aromatic rings. The van der Waals surface area contributed by atoms with E-state index >= 15 is 0 Å². The molecule has 0 radical (unpaired) electrons. The molecule has 6 heteroatoms. The van der Waals surface area contributed by atoms with E-state index in [0.717, 1.165) is 40.9 Å². The fraction of sp³-hybridized carbons (Fsp3) is 0.304. The van der Waals surface area contributed by atoms with E-state index in [0.29, 0.717) is 26.0 Å². The fourth-order valence-electron chi connectivity index (χ4n) is 3.69. The normalized spacial score (nSPS) is 12.6. The van der Waals surface area contributed by atoms with E-state index in [1.54, 1.807) is 0 Å². The van der Waals surface area contributed by atoms with Crippen LogP contribution in [0.15, 0.2) is 59.1 Å². The highest BCUT2D eigenvalue weighted by atomic mass is 79.9. The van der Waals surface area contributed by atoms with Crippen molar-refractivity contribution in [2.45, 2.75) is 38.6 Å². The van der Waals surface area contributed by atoms with Crippen LogP contribution in [0.1, 0.15) is 36.2 Å². The number of amides is 1. The lowest BCUT2D eigenvalue weighted by Gasteiger charge is -2.08. The molecule has 1 N–H and O–H groups in total. The molecular formula is C23H24BrN3O2. The van der Waals surface area contributed by atoms with Gasteiger partial charge in [0.15, 0.2) is 0 Å². The van der Waals surface area contributed by atoms with Gasteiger partial charge >= 0.3 is 0 Å². The van der Waals surface area contributed by atoms with Crippen molar-refractivity contribution in [3.8, 4) is 11.4 Å². The van der Waals surface area contributed by atoms with Crippen LogP contribution >= 0.6 is 15.9 Å². The van der Waals surface area contributed by atoms with Gasteiger partial charge in [-0.3, -0.25) is 4.79 Å². The van der Waals surface area contributed by atoms with Gasteiger partial charge in [-0.2, -0.15) is 5.10 Å². The van der Waals surface area contributed by atoms with Crippen LogP contribution in [-0.4, -0.2) is 22.3 Å². The molecule has 1 amide bonds. The first-order valence-electron chi connectivity index (χ1n) is 10.0. The molecule has 1 heterocycles. The molecule has 2 aromatic carbocycles. The number of nitrogens with one attached hydrogen (secondary N) is 1. The summed E-state index contributed by atoms with van der Waals surface area (Å²) in [5, 5.41) is 7.82. The van der Waals surface area contributed by atoms with E-state index in [1.165, 1.54) is 11.3 Å². The molecule has 0 saturated carbocycles. The molecule has 1 aliphatic rings. The number of carbonyl (C=O) groups excluding carboxylic acids is 1. The number of aromatic nitrogens is 2. The van der Waals surface area contributed by atoms with Crippen LogP contribution in [0.5, 0.6) is 5.75 Å². The first-order chi connectivity index (χ1) is 14.2. The maximum Gasteiger partial charge on any atom is 0.220 e. The van der Waals surface area contributed by atoms with Crippen LogP contribution < -0.4 is 10.1 Å². The number of benzene rings is 2. The minimum absolute atomic E-state index is 0.0294. The van der Waals surface area contributed by atoms with Crippen LogP contribution in [-0.2, 0) is 24.2 Å². The van der Waals surface area contributed by atoms with Crippen molar-refractivity contribution in [2.24, 2.45) is 0 Å². The SMILES string of the molecule is O=C(CCCOc1ccccc1Br)NCc1nn(-c2ccccc2)c2c1CCC2. The second-order valence-electron chi connectivity index (χ2n) is 7.13. The molecule has 0 aliphatic heterocycles. The average Bonchev–Trinajstić information content (AvgIpc) is 3.35. The summed E-state index contributed by atoms with van der Waals surface area (Å²) in [4.78, 5) is 12.3. The second-order valence-corrected chi connectivity index (χ2v) is 7.99. The zero-order chi connectivity index (χ0) is 20.1. The largest absolute Gasteiger partial charge is 0.492 e. The summed E-state index contributed by atoms with van der Waals surface area (Å²) in [6, 6.07) is 17.9. The Balaban J connectivity index is 1.29. The zero-order valence-electron chi connectivity index (χ0n) is 16.2. The highest BCUT2D eigenvalue weighted by Gasteiger charge is 2.23. The second kappa shape index (κ2) is 9.27. The monoisotopic (exact) mass is 453 g/mol. The number of nitrogens with zero attached hydrogens (tertiary/aromatic N) is 2. The first-order valence-corrected chi connectivity index (χ1v) is 10.8. The molecule has 0 bridgehead atoms. The quantitative estimate of drug-likeness (QED) is 0.507. The number of halogens is 1. The topological polar surface area (TPSA) is 56.1 Å². The third kappa shape index (κ3) is 4.70. The predicted molar refractivity (Wildman–Crippen MR) is 116 cm³/mol. The third-order valence-corrected chi connectivity index (χ3v) is 5.76. The molecule has 5 nitrogen and oxygen atoms in total. The molecule has 29 heavy (non-hydrogen) atoms. The Bertz CT molecular complexity index is 985. The van der Waals surface area contributed by atoms with Crippen LogP contribution in [0.25, 0.3) is 5.69 Å². The number of para-hydroxylation sites is 2. The van der Waals surface area contributed by atoms with Crippen molar-refractivity contribution >= 4 is 21.8 Å². The van der Waals surface area contributed by atoms with Gasteiger partial charge in [0.25, 0.3) is 0 Å². The van der Waals surface area contributed by atoms with Crippen molar-refractivity contribution in [3.63, 3.8) is 0 Å². The Labute approximate surface area is 179 Å². The molecular weight excluding hydrogens is 430 g/mol. The van der Waals surface area contributed by atoms with Crippen molar-refractivity contribution < 1.29 is 9.53 Å². The summed E-state index contributed by atoms with van der Waals surface area (Å²) < 4.78 is 8.68. The van der Waals surface area contributed by atoms with Crippen molar-refractivity contribution in [2.75, 3.05) is 6.61 Å². The summed E-state index contributed by atoms with van der Waals surface area (Å²) in [5.41, 5.74) is 4.64. The minimum atomic E-state index is 0.0294. The summed E-state index contributed by atoms with van der Waals surface area (Å²) in [6.07, 6.45) is 4.33. The van der Waals surface area contributed by atoms with E-state index in [-0.39, 0.29) is 5.91 Å². The van der Waals surface area contributed by atoms with E-state index in [9.17, 15) is 4.79 Å². The van der Waals surface area contributed by atoms with Gasteiger partial charge in [-0.15, -0.1) is 0 Å². The van der Waals surface area contributed by atoms with Gasteiger partial charge in [0.2, 0.25) is 5.91 Å². The van der Waals surface area contributed by atoms with Crippen LogP contribution in [0.4, 0.5) is 0 Å². The zero-order valence-corrected chi connectivity index (χ0v) is 17.8. The third-order valence-electron chi connectivity index (χ3n) is 5.11. The van der Waals surface area contributed by atoms with E-state index in [2.05, 4.69) is 33.4 Å². The number of carbonyl (C=O) groups is 1. The smallest absolute Gasteiger partial charge is 0.220 e. The molecule has 0 unspecified atom stereocenters. The van der Waals surface area contributed by atoms with E-state index in [1.807, 2.05) is 47.1 Å². The van der Waals surface area contributed by atoms with Crippen LogP contribution in [0.2, 0.25) is 0 Å². The Hall–Kier alpha value is -2.60. The van der Waals surface area contributed by atoms with Gasteiger partial charge in [-0.25, -0.2) is 4.68 Å². The molecule has 0 saturated heterocycles. The van der Waals surface area contributed by atoms with E-state index < -0.39 is 0 Å². The van der Waals surface area contributed by atoms with Gasteiger partial charge in [-0.1, -0.05) is 30.3 Å². The number of hydrogen-bond donors (Lipinski definition) is 1. The number of rotatable bonds is 8. The summed E-state index contributed by atoms with van der Waals surface area (Å²) in [5.74, 6) is 0.830. The Kier molecular flexibility index (Phi) is 6.30. The molecule has 4 rings (SSSR count). The van der Waals surface area contributed by atoms with Crippen LogP contribution in [0, 0.1) is 0 Å². The number of ether oxygens (including phenoxy) is 1. The van der Waals surface area contributed by atoms with Gasteiger partial charge < -0.3 is 10.1 Å². The van der Waals surface area contributed by atoms with Crippen molar-refractivity contribution in [1.82, 2.24) is 15.1 Å². The minimum Gasteiger partial charge on any atom is -0.492 e. The highest BCUT2D eigenvalue weighted by molar-refractivity contribution is 9.10. The van der Waals surface area contributed by atoms with Gasteiger partial charge in [0.05, 0.1) is 29.0 Å². The van der Waals surface area contributed by atoms with Gasteiger partial charge in [0, 0.05) is 12.1 Å². The Morgan fingerprint density at radius 2 is 1.90 bits per heavy atom. The maximum atomic E-state index is 12.3. The standard InChI is InChI=1S/C23H24BrN3O2/c24-19-11-4-5-13-22(19)29-15-7-14-23(28)25-16-20-18-10-6-12-21(18)27(26-20)17-8-2-1-3-9-17/h1-5,8-9,11,13H,6-7,10,12,14-16H2,(H,25,28). The van der Waals surface area contributed by atoms with Crippen LogP contribution in [0.3, 0.4) is 0 Å². The number of fused-ring (bicyclic) bond motifs is 1. The van der Waals surface area contributed by atoms with E-state index in [4.69, 9.17) is 9.84 Å². The molecule has 0 spiro atoms. The fourth-order valence-corrected chi connectivity index (χ4v) is 4.09. The van der Waals surface area contributed by atoms with Crippen molar-refractivity contribution in [1.29, 1.82) is 0 Å². The maximum absolute atomic E-state index is 12.3. The lowest BCUT2D eigenvalue weighted by atomic mass is 10.2. The van der Waals surface area contributed by atoms with Crippen molar-refractivity contribution in [3.05, 3.63) is 76.0 Å². The Morgan fingerprint density at radius 3 is 2.72 bits per heavy atom. The lowest BCUT2D eigenvalue weighted by Crippen LogP contribution is -2.23. The van der Waals surface area contributed by atoms with Gasteiger partial charge in [-0.05, 0) is 71.4 Å². The molecule has 150 valence electrons. The number of hydrogen-bond acceptors (Lipinski definition) is 3. The van der Waals surface area contributed by atoms with Gasteiger partial charge in [0.1, 0.15) is 5.75 Å². The Morgan fingerprint density at radius 1 is 1.10 bits per heavy atom. The molecule has 0 fully saturated rings. The lowest BCUT2D eigenvalue weighted by molar-refractivity contribution is -0.121. The highest BCUT2D eigenvalue weighted by Crippen LogP contribution is 2.28. The average molecular weight is 454 g/mol. The molecule has 1 aromatic heterocycles. The first kappa shape index (κ1) is 19.7.